The molecule has 0 spiro atoms. The number of nitrogens with zero attached hydrogens (tertiary/aromatic N) is 1. The van der Waals surface area contributed by atoms with E-state index in [-0.39, 0.29) is 0 Å². The summed E-state index contributed by atoms with van der Waals surface area (Å²) in [6.45, 7) is 0. The van der Waals surface area contributed by atoms with Gasteiger partial charge in [-0.3, -0.25) is 0 Å². The van der Waals surface area contributed by atoms with Crippen LogP contribution in [0.15, 0.2) is 160 Å². The summed E-state index contributed by atoms with van der Waals surface area (Å²) in [4.78, 5) is 2.33. The minimum Gasteiger partial charge on any atom is -0.456 e. The molecule has 2 aromatic heterocycles. The lowest BCUT2D eigenvalue weighted by atomic mass is 10.0. The highest BCUT2D eigenvalue weighted by atomic mass is 16.3. The summed E-state index contributed by atoms with van der Waals surface area (Å²) < 4.78 is 12.8. The van der Waals surface area contributed by atoms with Crippen LogP contribution in [-0.4, -0.2) is 0 Å². The lowest BCUT2D eigenvalue weighted by molar-refractivity contribution is 0.669. The van der Waals surface area contributed by atoms with E-state index >= 15 is 0 Å². The van der Waals surface area contributed by atoms with Crippen molar-refractivity contribution in [3.8, 4) is 11.1 Å². The maximum Gasteiger partial charge on any atom is 0.159 e. The normalized spacial score (nSPS) is 11.7. The van der Waals surface area contributed by atoms with E-state index < -0.39 is 0 Å². The summed E-state index contributed by atoms with van der Waals surface area (Å²) in [6.07, 6.45) is 0. The highest BCUT2D eigenvalue weighted by Crippen LogP contribution is 2.45. The molecule has 7 aromatic carbocycles. The number of hydrogen-bond donors (Lipinski definition) is 0. The van der Waals surface area contributed by atoms with Crippen molar-refractivity contribution in [3.63, 3.8) is 0 Å². The van der Waals surface area contributed by atoms with Crippen LogP contribution in [0.1, 0.15) is 0 Å². The Morgan fingerprint density at radius 1 is 0.372 bits per heavy atom. The average Bonchev–Trinajstić information content (AvgIpc) is 3.63. The highest BCUT2D eigenvalue weighted by Gasteiger charge is 2.21. The predicted molar refractivity (Wildman–Crippen MR) is 179 cm³/mol. The van der Waals surface area contributed by atoms with Gasteiger partial charge in [-0.2, -0.15) is 0 Å². The van der Waals surface area contributed by atoms with Gasteiger partial charge in [0.05, 0.1) is 11.4 Å². The quantitative estimate of drug-likeness (QED) is 0.218. The molecule has 3 heteroatoms. The minimum absolute atomic E-state index is 0.864. The number of rotatable bonds is 4. The van der Waals surface area contributed by atoms with Gasteiger partial charge in [0.2, 0.25) is 0 Å². The monoisotopic (exact) mass is 551 g/mol. The van der Waals surface area contributed by atoms with Crippen molar-refractivity contribution in [2.24, 2.45) is 0 Å². The Hall–Kier alpha value is -5.80. The van der Waals surface area contributed by atoms with Crippen molar-refractivity contribution < 1.29 is 8.83 Å². The zero-order valence-electron chi connectivity index (χ0n) is 23.2. The van der Waals surface area contributed by atoms with Crippen LogP contribution in [0.5, 0.6) is 0 Å². The Bertz CT molecular complexity index is 2450. The van der Waals surface area contributed by atoms with E-state index in [9.17, 15) is 0 Å². The number of hydrogen-bond acceptors (Lipinski definition) is 3. The topological polar surface area (TPSA) is 29.5 Å². The summed E-state index contributed by atoms with van der Waals surface area (Å²) in [5, 5.41) is 6.70. The fourth-order valence-corrected chi connectivity index (χ4v) is 6.42. The van der Waals surface area contributed by atoms with Gasteiger partial charge < -0.3 is 13.7 Å². The summed E-state index contributed by atoms with van der Waals surface area (Å²) in [5.74, 6) is 0. The average molecular weight is 552 g/mol. The van der Waals surface area contributed by atoms with Crippen LogP contribution in [0.2, 0.25) is 0 Å². The Morgan fingerprint density at radius 2 is 1.00 bits per heavy atom. The maximum absolute atomic E-state index is 6.57. The molecule has 0 bridgehead atoms. The Kier molecular flexibility index (Phi) is 5.20. The van der Waals surface area contributed by atoms with Gasteiger partial charge in [-0.05, 0) is 65.0 Å². The molecule has 202 valence electrons. The second-order valence-electron chi connectivity index (χ2n) is 10.9. The van der Waals surface area contributed by atoms with Crippen molar-refractivity contribution in [3.05, 3.63) is 152 Å². The van der Waals surface area contributed by atoms with E-state index in [2.05, 4.69) is 126 Å². The van der Waals surface area contributed by atoms with E-state index in [0.717, 1.165) is 71.7 Å². The number of fused-ring (bicyclic) bond motifs is 7. The number of para-hydroxylation sites is 3. The molecular formula is C40H25NO2. The first-order valence-electron chi connectivity index (χ1n) is 14.5. The van der Waals surface area contributed by atoms with E-state index in [1.807, 2.05) is 30.3 Å². The zero-order valence-corrected chi connectivity index (χ0v) is 23.2. The molecule has 0 saturated heterocycles. The van der Waals surface area contributed by atoms with Crippen LogP contribution >= 0.6 is 0 Å². The van der Waals surface area contributed by atoms with E-state index in [1.165, 1.54) is 11.1 Å². The highest BCUT2D eigenvalue weighted by molar-refractivity contribution is 6.15. The lowest BCUT2D eigenvalue weighted by Crippen LogP contribution is -2.10. The molecule has 43 heavy (non-hydrogen) atoms. The molecule has 0 aliphatic heterocycles. The van der Waals surface area contributed by atoms with E-state index in [4.69, 9.17) is 8.83 Å². The summed E-state index contributed by atoms with van der Waals surface area (Å²) in [5.41, 5.74) is 9.03. The van der Waals surface area contributed by atoms with Gasteiger partial charge in [0.1, 0.15) is 16.7 Å². The molecule has 0 amide bonds. The zero-order chi connectivity index (χ0) is 28.3. The van der Waals surface area contributed by atoms with Crippen molar-refractivity contribution in [2.45, 2.75) is 0 Å². The van der Waals surface area contributed by atoms with Crippen molar-refractivity contribution in [1.82, 2.24) is 0 Å². The molecule has 3 nitrogen and oxygen atoms in total. The largest absolute Gasteiger partial charge is 0.456 e. The summed E-state index contributed by atoms with van der Waals surface area (Å²) >= 11 is 0. The first-order chi connectivity index (χ1) is 21.3. The standard InChI is InChI=1S/C40H25NO2/c1-2-10-26(11-3-1)27-20-22-29(23-21-27)41(36-17-9-15-32-30-13-4-7-19-38(30)43-40(32)36)35-16-8-12-28-24-39-34(25-33(28)35)31-14-5-6-18-37(31)42-39/h1-25H. The van der Waals surface area contributed by atoms with Crippen LogP contribution in [0.3, 0.4) is 0 Å². The predicted octanol–water partition coefficient (Wildman–Crippen LogP) is 11.8. The van der Waals surface area contributed by atoms with Crippen LogP contribution in [0.25, 0.3) is 65.8 Å². The third-order valence-corrected chi connectivity index (χ3v) is 8.45. The van der Waals surface area contributed by atoms with Gasteiger partial charge in [-0.25, -0.2) is 0 Å². The fraction of sp³-hybridized carbons (Fsp3) is 0. The van der Waals surface area contributed by atoms with E-state index in [0.29, 0.717) is 0 Å². The Morgan fingerprint density at radius 3 is 1.81 bits per heavy atom. The maximum atomic E-state index is 6.57. The second-order valence-corrected chi connectivity index (χ2v) is 10.9. The molecule has 2 heterocycles. The number of benzene rings is 7. The smallest absolute Gasteiger partial charge is 0.159 e. The Labute approximate surface area is 247 Å². The molecule has 0 aliphatic rings. The molecule has 0 radical (unpaired) electrons. The van der Waals surface area contributed by atoms with Crippen LogP contribution in [0, 0.1) is 0 Å². The molecule has 0 unspecified atom stereocenters. The van der Waals surface area contributed by atoms with Gasteiger partial charge in [-0.15, -0.1) is 0 Å². The molecule has 9 rings (SSSR count). The molecule has 0 N–H and O–H groups in total. The van der Waals surface area contributed by atoms with Gasteiger partial charge in [0, 0.05) is 32.6 Å². The van der Waals surface area contributed by atoms with Crippen molar-refractivity contribution in [2.75, 3.05) is 4.90 Å². The Balaban J connectivity index is 1.33. The van der Waals surface area contributed by atoms with Crippen LogP contribution in [-0.2, 0) is 0 Å². The number of anilines is 3. The molecule has 9 aromatic rings. The van der Waals surface area contributed by atoms with Gasteiger partial charge in [-0.1, -0.05) is 103 Å². The van der Waals surface area contributed by atoms with Gasteiger partial charge in [0.25, 0.3) is 0 Å². The first-order valence-corrected chi connectivity index (χ1v) is 14.5. The molecule has 0 fully saturated rings. The van der Waals surface area contributed by atoms with Crippen LogP contribution < -0.4 is 4.90 Å². The molecule has 0 saturated carbocycles. The van der Waals surface area contributed by atoms with Gasteiger partial charge >= 0.3 is 0 Å². The number of furan rings is 2. The van der Waals surface area contributed by atoms with Crippen LogP contribution in [0.4, 0.5) is 17.1 Å². The van der Waals surface area contributed by atoms with Crippen molar-refractivity contribution >= 4 is 71.7 Å². The fourth-order valence-electron chi connectivity index (χ4n) is 6.42. The second kappa shape index (κ2) is 9.37. The van der Waals surface area contributed by atoms with E-state index in [1.54, 1.807) is 0 Å². The SMILES string of the molecule is c1ccc(-c2ccc(N(c3cccc4cc5oc6ccccc6c5cc34)c3cccc4c3oc3ccccc34)cc2)cc1. The van der Waals surface area contributed by atoms with Crippen molar-refractivity contribution in [1.29, 1.82) is 0 Å². The third-order valence-electron chi connectivity index (χ3n) is 8.45. The molecule has 0 atom stereocenters. The first kappa shape index (κ1) is 23.9. The molecular weight excluding hydrogens is 526 g/mol. The minimum atomic E-state index is 0.864. The van der Waals surface area contributed by atoms with Gasteiger partial charge in [0.15, 0.2) is 5.58 Å². The summed E-state index contributed by atoms with van der Waals surface area (Å²) in [6, 6.07) is 53.1. The molecule has 0 aliphatic carbocycles. The third kappa shape index (κ3) is 3.75. The lowest BCUT2D eigenvalue weighted by Gasteiger charge is -2.27. The summed E-state index contributed by atoms with van der Waals surface area (Å²) in [7, 11) is 0.